The molecule has 0 rings (SSSR count). The zero-order valence-corrected chi connectivity index (χ0v) is 28.6. The Morgan fingerprint density at radius 3 is 1.20 bits per heavy atom. The molecule has 0 aliphatic rings. The molecule has 0 bridgehead atoms. The van der Waals surface area contributed by atoms with Crippen LogP contribution in [0.5, 0.6) is 0 Å². The van der Waals surface area contributed by atoms with E-state index in [9.17, 15) is 4.79 Å². The van der Waals surface area contributed by atoms with Gasteiger partial charge in [-0.25, -0.2) is 4.79 Å². The van der Waals surface area contributed by atoms with E-state index in [1.807, 2.05) is 13.8 Å². The van der Waals surface area contributed by atoms with Crippen LogP contribution in [0.25, 0.3) is 0 Å². The number of carbonyl (C=O) groups is 1. The molecular weight excluding hydrogens is 506 g/mol. The Hall–Kier alpha value is -0.770. The Kier molecular flexibility index (Phi) is 33.1. The summed E-state index contributed by atoms with van der Waals surface area (Å²) in [4.78, 5) is 12.4. The predicted molar refractivity (Wildman–Crippen MR) is 180 cm³/mol. The molecule has 4 heteroatoms. The van der Waals surface area contributed by atoms with Crippen LogP contribution in [0.3, 0.4) is 0 Å². The minimum Gasteiger partial charge on any atom is -0.446 e. The molecule has 0 saturated heterocycles. The Morgan fingerprint density at radius 2 is 0.854 bits per heavy atom. The maximum atomic E-state index is 12.4. The Morgan fingerprint density at radius 1 is 0.512 bits per heavy atom. The van der Waals surface area contributed by atoms with Crippen molar-refractivity contribution >= 4 is 6.09 Å². The summed E-state index contributed by atoms with van der Waals surface area (Å²) in [5.41, 5.74) is 0. The van der Waals surface area contributed by atoms with Crippen LogP contribution in [0, 0.1) is 0 Å². The van der Waals surface area contributed by atoms with Crippen molar-refractivity contribution in [1.82, 2.24) is 5.32 Å². The van der Waals surface area contributed by atoms with Crippen molar-refractivity contribution in [2.24, 2.45) is 0 Å². The van der Waals surface area contributed by atoms with Gasteiger partial charge >= 0.3 is 6.09 Å². The van der Waals surface area contributed by atoms with Crippen molar-refractivity contribution in [2.75, 3.05) is 13.2 Å². The summed E-state index contributed by atoms with van der Waals surface area (Å²) >= 11 is 0. The Labute approximate surface area is 258 Å². The summed E-state index contributed by atoms with van der Waals surface area (Å²) < 4.78 is 11.5. The van der Waals surface area contributed by atoms with Gasteiger partial charge in [0, 0.05) is 13.2 Å². The van der Waals surface area contributed by atoms with E-state index in [1.165, 1.54) is 161 Å². The third-order valence-electron chi connectivity index (χ3n) is 8.32. The second-order valence-corrected chi connectivity index (χ2v) is 12.9. The van der Waals surface area contributed by atoms with Gasteiger partial charge in [0.05, 0.1) is 6.10 Å². The normalized spacial score (nSPS) is 12.2. The zero-order valence-electron chi connectivity index (χ0n) is 28.6. The molecule has 0 fully saturated rings. The number of nitrogens with one attached hydrogen (secondary N) is 1. The summed E-state index contributed by atoms with van der Waals surface area (Å²) in [6.45, 7) is 9.95. The fourth-order valence-corrected chi connectivity index (χ4v) is 5.64. The van der Waals surface area contributed by atoms with Crippen LogP contribution in [-0.4, -0.2) is 31.5 Å². The van der Waals surface area contributed by atoms with E-state index in [2.05, 4.69) is 19.2 Å². The Balaban J connectivity index is 3.97. The van der Waals surface area contributed by atoms with Crippen molar-refractivity contribution in [3.8, 4) is 0 Å². The summed E-state index contributed by atoms with van der Waals surface area (Å²) in [7, 11) is 0. The van der Waals surface area contributed by atoms with Crippen LogP contribution in [0.15, 0.2) is 0 Å². The molecule has 0 aliphatic heterocycles. The molecule has 0 radical (unpaired) electrons. The molecule has 1 amide bonds. The van der Waals surface area contributed by atoms with Crippen LogP contribution >= 0.6 is 0 Å². The smallest absolute Gasteiger partial charge is 0.407 e. The highest BCUT2D eigenvalue weighted by atomic mass is 16.6. The minimum atomic E-state index is -0.243. The predicted octanol–water partition coefficient (Wildman–Crippen LogP) is 12.5. The van der Waals surface area contributed by atoms with Gasteiger partial charge in [0.1, 0.15) is 6.10 Å². The van der Waals surface area contributed by atoms with Crippen LogP contribution in [0.4, 0.5) is 4.79 Å². The summed E-state index contributed by atoms with van der Waals surface area (Å²) in [6.07, 6.45) is 37.1. The van der Waals surface area contributed by atoms with Gasteiger partial charge < -0.3 is 14.8 Å². The quantitative estimate of drug-likeness (QED) is 0.0784. The average molecular weight is 582 g/mol. The standard InChI is InChI=1S/C37H75NO3/c1-5-7-9-11-13-15-17-18-19-20-21-23-25-27-29-32-36(41-37(39)38-33-30-34-40-35(3)4)31-28-26-24-22-16-14-12-10-8-6-2/h35-36H,5-34H2,1-4H3,(H,38,39). The van der Waals surface area contributed by atoms with Gasteiger partial charge in [0.25, 0.3) is 0 Å². The molecule has 1 atom stereocenters. The molecule has 0 aromatic carbocycles. The highest BCUT2D eigenvalue weighted by molar-refractivity contribution is 5.67. The molecule has 0 heterocycles. The molecule has 0 aliphatic carbocycles. The van der Waals surface area contributed by atoms with Crippen molar-refractivity contribution in [3.63, 3.8) is 0 Å². The molecule has 41 heavy (non-hydrogen) atoms. The number of unbranched alkanes of at least 4 members (excludes halogenated alkanes) is 23. The van der Waals surface area contributed by atoms with Crippen molar-refractivity contribution < 1.29 is 14.3 Å². The van der Waals surface area contributed by atoms with E-state index in [1.54, 1.807) is 0 Å². The first kappa shape index (κ1) is 40.2. The van der Waals surface area contributed by atoms with Crippen LogP contribution in [0.2, 0.25) is 0 Å². The first-order valence-corrected chi connectivity index (χ1v) is 18.7. The van der Waals surface area contributed by atoms with Crippen molar-refractivity contribution in [3.05, 3.63) is 0 Å². The van der Waals surface area contributed by atoms with Crippen molar-refractivity contribution in [2.45, 2.75) is 220 Å². The SMILES string of the molecule is CCCCCCCCCCCCCCCCCC(CCCCCCCCCCCC)OC(=O)NCCCOC(C)C. The van der Waals surface area contributed by atoms with Crippen molar-refractivity contribution in [1.29, 1.82) is 0 Å². The number of ether oxygens (including phenoxy) is 2. The van der Waals surface area contributed by atoms with Gasteiger partial charge in [0.15, 0.2) is 0 Å². The number of hydrogen-bond donors (Lipinski definition) is 1. The lowest BCUT2D eigenvalue weighted by atomic mass is 10.0. The van der Waals surface area contributed by atoms with E-state index < -0.39 is 0 Å². The second kappa shape index (κ2) is 33.7. The molecule has 4 nitrogen and oxygen atoms in total. The zero-order chi connectivity index (χ0) is 30.1. The molecule has 0 spiro atoms. The topological polar surface area (TPSA) is 47.6 Å². The summed E-state index contributed by atoms with van der Waals surface area (Å²) in [5, 5.41) is 2.94. The Bertz CT molecular complexity index is 510. The largest absolute Gasteiger partial charge is 0.446 e. The second-order valence-electron chi connectivity index (χ2n) is 12.9. The number of carbonyl (C=O) groups excluding carboxylic acids is 1. The lowest BCUT2D eigenvalue weighted by Gasteiger charge is -2.18. The first-order chi connectivity index (χ1) is 20.1. The molecule has 0 aromatic rings. The molecule has 246 valence electrons. The number of hydrogen-bond acceptors (Lipinski definition) is 3. The van der Waals surface area contributed by atoms with Gasteiger partial charge in [-0.3, -0.25) is 0 Å². The minimum absolute atomic E-state index is 0.0675. The highest BCUT2D eigenvalue weighted by Gasteiger charge is 2.14. The molecule has 1 unspecified atom stereocenters. The van der Waals surface area contributed by atoms with Gasteiger partial charge in [-0.15, -0.1) is 0 Å². The lowest BCUT2D eigenvalue weighted by Crippen LogP contribution is -2.30. The summed E-state index contributed by atoms with van der Waals surface area (Å²) in [5.74, 6) is 0. The maximum Gasteiger partial charge on any atom is 0.407 e. The van der Waals surface area contributed by atoms with E-state index in [0.29, 0.717) is 13.2 Å². The number of alkyl carbamates (subject to hydrolysis) is 1. The molecule has 1 N–H and O–H groups in total. The van der Waals surface area contributed by atoms with Gasteiger partial charge in [0.2, 0.25) is 0 Å². The maximum absolute atomic E-state index is 12.4. The number of amides is 1. The van der Waals surface area contributed by atoms with Gasteiger partial charge in [-0.2, -0.15) is 0 Å². The number of rotatable bonds is 33. The molecule has 0 aromatic heterocycles. The van der Waals surface area contributed by atoms with Crippen LogP contribution in [-0.2, 0) is 9.47 Å². The van der Waals surface area contributed by atoms with Crippen LogP contribution in [0.1, 0.15) is 207 Å². The van der Waals surface area contributed by atoms with Gasteiger partial charge in [-0.1, -0.05) is 162 Å². The van der Waals surface area contributed by atoms with E-state index >= 15 is 0 Å². The third kappa shape index (κ3) is 33.6. The van der Waals surface area contributed by atoms with Gasteiger partial charge in [-0.05, 0) is 46.0 Å². The third-order valence-corrected chi connectivity index (χ3v) is 8.32. The average Bonchev–Trinajstić information content (AvgIpc) is 2.95. The summed E-state index contributed by atoms with van der Waals surface area (Å²) in [6, 6.07) is 0. The van der Waals surface area contributed by atoms with Crippen LogP contribution < -0.4 is 5.32 Å². The lowest BCUT2D eigenvalue weighted by molar-refractivity contribution is 0.0720. The molecular formula is C37H75NO3. The van der Waals surface area contributed by atoms with E-state index in [4.69, 9.17) is 9.47 Å². The van der Waals surface area contributed by atoms with E-state index in [0.717, 1.165) is 19.3 Å². The molecule has 0 saturated carbocycles. The monoisotopic (exact) mass is 582 g/mol. The fourth-order valence-electron chi connectivity index (χ4n) is 5.64. The first-order valence-electron chi connectivity index (χ1n) is 18.7. The van der Waals surface area contributed by atoms with E-state index in [-0.39, 0.29) is 18.3 Å². The fraction of sp³-hybridized carbons (Fsp3) is 0.973. The highest BCUT2D eigenvalue weighted by Crippen LogP contribution is 2.18.